The van der Waals surface area contributed by atoms with Crippen LogP contribution in [0.4, 0.5) is 0 Å². The topological polar surface area (TPSA) is 87.5 Å². The van der Waals surface area contributed by atoms with Crippen LogP contribution in [0.25, 0.3) is 10.8 Å². The van der Waals surface area contributed by atoms with E-state index in [1.165, 1.54) is 4.90 Å². The summed E-state index contributed by atoms with van der Waals surface area (Å²) in [6.07, 6.45) is 0. The highest BCUT2D eigenvalue weighted by atomic mass is 16.2. The van der Waals surface area contributed by atoms with Crippen LogP contribution >= 0.6 is 0 Å². The number of rotatable bonds is 8. The Morgan fingerprint density at radius 2 is 1.42 bits per heavy atom. The third-order valence-electron chi connectivity index (χ3n) is 4.17. The monoisotopic (exact) mass is 326 g/mol. The molecule has 24 heavy (non-hydrogen) atoms. The van der Waals surface area contributed by atoms with E-state index in [1.54, 1.807) is 12.1 Å². The minimum Gasteiger partial charge on any atom is -0.329 e. The second-order valence-corrected chi connectivity index (χ2v) is 5.76. The standard InChI is InChI=1S/C18H22N4O2/c19-7-8-20-9-10-21-11-12-22-17(23)14-5-1-3-13-4-2-6-15(16(13)14)18(22)24/h1-6,20-21H,7-12,19H2. The minimum absolute atomic E-state index is 0.215. The molecule has 0 fully saturated rings. The fraction of sp³-hybridized carbons (Fsp3) is 0.333. The summed E-state index contributed by atoms with van der Waals surface area (Å²) >= 11 is 0. The predicted octanol–water partition coefficient (Wildman–Crippen LogP) is 0.574. The third-order valence-corrected chi connectivity index (χ3v) is 4.17. The maximum absolute atomic E-state index is 12.7. The molecule has 2 aromatic carbocycles. The van der Waals surface area contributed by atoms with Crippen LogP contribution in [0.3, 0.4) is 0 Å². The molecule has 0 bridgehead atoms. The minimum atomic E-state index is -0.215. The molecule has 6 nitrogen and oxygen atoms in total. The van der Waals surface area contributed by atoms with E-state index in [2.05, 4.69) is 10.6 Å². The lowest BCUT2D eigenvalue weighted by atomic mass is 9.94. The molecule has 4 N–H and O–H groups in total. The number of amides is 2. The fourth-order valence-electron chi connectivity index (χ4n) is 3.00. The highest BCUT2D eigenvalue weighted by molar-refractivity contribution is 6.25. The Morgan fingerprint density at radius 1 is 0.833 bits per heavy atom. The van der Waals surface area contributed by atoms with Crippen molar-refractivity contribution in [2.75, 3.05) is 39.3 Å². The number of carbonyl (C=O) groups is 2. The molecule has 1 aliphatic heterocycles. The lowest BCUT2D eigenvalue weighted by Crippen LogP contribution is -2.44. The summed E-state index contributed by atoms with van der Waals surface area (Å²) < 4.78 is 0. The summed E-state index contributed by atoms with van der Waals surface area (Å²) in [5.74, 6) is -0.431. The van der Waals surface area contributed by atoms with Gasteiger partial charge in [0, 0.05) is 55.8 Å². The fourth-order valence-corrected chi connectivity index (χ4v) is 3.00. The predicted molar refractivity (Wildman–Crippen MR) is 94.1 cm³/mol. The quantitative estimate of drug-likeness (QED) is 0.488. The number of benzene rings is 2. The van der Waals surface area contributed by atoms with E-state index in [0.717, 1.165) is 30.4 Å². The summed E-state index contributed by atoms with van der Waals surface area (Å²) in [6.45, 7) is 3.90. The smallest absolute Gasteiger partial charge is 0.261 e. The van der Waals surface area contributed by atoms with Crippen molar-refractivity contribution in [1.29, 1.82) is 0 Å². The van der Waals surface area contributed by atoms with Gasteiger partial charge in [-0.1, -0.05) is 24.3 Å². The molecule has 6 heteroatoms. The van der Waals surface area contributed by atoms with Gasteiger partial charge in [-0.3, -0.25) is 14.5 Å². The van der Waals surface area contributed by atoms with E-state index in [9.17, 15) is 9.59 Å². The van der Waals surface area contributed by atoms with E-state index in [4.69, 9.17) is 5.73 Å². The first-order valence-corrected chi connectivity index (χ1v) is 8.23. The Morgan fingerprint density at radius 3 is 2.00 bits per heavy atom. The molecule has 0 spiro atoms. The van der Waals surface area contributed by atoms with Gasteiger partial charge in [-0.25, -0.2) is 0 Å². The number of nitrogens with zero attached hydrogens (tertiary/aromatic N) is 1. The zero-order valence-corrected chi connectivity index (χ0v) is 13.5. The van der Waals surface area contributed by atoms with Gasteiger partial charge >= 0.3 is 0 Å². The molecule has 3 rings (SSSR count). The summed E-state index contributed by atoms with van der Waals surface area (Å²) in [5, 5.41) is 8.11. The van der Waals surface area contributed by atoms with Crippen molar-refractivity contribution >= 4 is 22.6 Å². The molecule has 0 saturated heterocycles. The summed E-state index contributed by atoms with van der Waals surface area (Å²) in [4.78, 5) is 26.7. The van der Waals surface area contributed by atoms with E-state index in [0.29, 0.717) is 30.8 Å². The van der Waals surface area contributed by atoms with E-state index >= 15 is 0 Å². The number of nitrogens with one attached hydrogen (secondary N) is 2. The Labute approximate surface area is 141 Å². The van der Waals surface area contributed by atoms with E-state index < -0.39 is 0 Å². The van der Waals surface area contributed by atoms with Crippen molar-refractivity contribution in [1.82, 2.24) is 15.5 Å². The SMILES string of the molecule is NCCNCCNCCN1C(=O)c2cccc3cccc(c23)C1=O. The van der Waals surface area contributed by atoms with Gasteiger partial charge in [-0.2, -0.15) is 0 Å². The largest absolute Gasteiger partial charge is 0.329 e. The van der Waals surface area contributed by atoms with Crippen molar-refractivity contribution in [2.45, 2.75) is 0 Å². The first kappa shape index (κ1) is 16.6. The first-order valence-electron chi connectivity index (χ1n) is 8.23. The number of nitrogens with two attached hydrogens (primary N) is 1. The van der Waals surface area contributed by atoms with Gasteiger partial charge in [0.05, 0.1) is 0 Å². The van der Waals surface area contributed by atoms with Crippen molar-refractivity contribution in [3.8, 4) is 0 Å². The highest BCUT2D eigenvalue weighted by Crippen LogP contribution is 2.29. The third kappa shape index (κ3) is 3.17. The molecule has 0 saturated carbocycles. The number of hydrogen-bond acceptors (Lipinski definition) is 5. The Balaban J connectivity index is 1.67. The molecule has 1 aliphatic rings. The zero-order chi connectivity index (χ0) is 16.9. The van der Waals surface area contributed by atoms with Gasteiger partial charge in [0.25, 0.3) is 11.8 Å². The average Bonchev–Trinajstić information content (AvgIpc) is 2.61. The number of imide groups is 1. The second kappa shape index (κ2) is 7.53. The van der Waals surface area contributed by atoms with Gasteiger partial charge in [-0.05, 0) is 17.5 Å². The van der Waals surface area contributed by atoms with Gasteiger partial charge in [0.15, 0.2) is 0 Å². The van der Waals surface area contributed by atoms with Gasteiger partial charge < -0.3 is 16.4 Å². The second-order valence-electron chi connectivity index (χ2n) is 5.76. The molecule has 1 heterocycles. The van der Waals surface area contributed by atoms with Gasteiger partial charge in [0.1, 0.15) is 0 Å². The summed E-state index contributed by atoms with van der Waals surface area (Å²) in [5.41, 5.74) is 6.61. The molecular formula is C18H22N4O2. The summed E-state index contributed by atoms with van der Waals surface area (Å²) in [6, 6.07) is 11.1. The lowest BCUT2D eigenvalue weighted by molar-refractivity contribution is 0.0612. The average molecular weight is 326 g/mol. The highest BCUT2D eigenvalue weighted by Gasteiger charge is 2.31. The van der Waals surface area contributed by atoms with Crippen molar-refractivity contribution < 1.29 is 9.59 Å². The van der Waals surface area contributed by atoms with Crippen LogP contribution in [-0.2, 0) is 0 Å². The van der Waals surface area contributed by atoms with Crippen LogP contribution in [0.1, 0.15) is 20.7 Å². The molecule has 0 radical (unpaired) electrons. The lowest BCUT2D eigenvalue weighted by Gasteiger charge is -2.27. The number of carbonyl (C=O) groups excluding carboxylic acids is 2. The molecule has 2 amide bonds. The van der Waals surface area contributed by atoms with E-state index in [-0.39, 0.29) is 11.8 Å². The van der Waals surface area contributed by atoms with Crippen LogP contribution in [0.5, 0.6) is 0 Å². The molecule has 2 aromatic rings. The zero-order valence-electron chi connectivity index (χ0n) is 13.5. The van der Waals surface area contributed by atoms with E-state index in [1.807, 2.05) is 24.3 Å². The molecule has 0 aliphatic carbocycles. The van der Waals surface area contributed by atoms with Crippen LogP contribution < -0.4 is 16.4 Å². The molecule has 0 unspecified atom stereocenters. The first-order chi connectivity index (χ1) is 11.7. The van der Waals surface area contributed by atoms with Crippen molar-refractivity contribution in [3.05, 3.63) is 47.5 Å². The molecule has 0 aromatic heterocycles. The van der Waals surface area contributed by atoms with Crippen molar-refractivity contribution in [2.24, 2.45) is 5.73 Å². The molecule has 0 atom stereocenters. The van der Waals surface area contributed by atoms with Crippen LogP contribution in [0, 0.1) is 0 Å². The number of hydrogen-bond donors (Lipinski definition) is 3. The normalized spacial score (nSPS) is 13.8. The van der Waals surface area contributed by atoms with Gasteiger partial charge in [-0.15, -0.1) is 0 Å². The maximum Gasteiger partial charge on any atom is 0.261 e. The van der Waals surface area contributed by atoms with Gasteiger partial charge in [0.2, 0.25) is 0 Å². The molecule has 126 valence electrons. The van der Waals surface area contributed by atoms with Crippen LogP contribution in [0.15, 0.2) is 36.4 Å². The Bertz CT molecular complexity index is 709. The molecular weight excluding hydrogens is 304 g/mol. The van der Waals surface area contributed by atoms with Crippen molar-refractivity contribution in [3.63, 3.8) is 0 Å². The van der Waals surface area contributed by atoms with Crippen LogP contribution in [0.2, 0.25) is 0 Å². The maximum atomic E-state index is 12.7. The Hall–Kier alpha value is -2.28. The summed E-state index contributed by atoms with van der Waals surface area (Å²) in [7, 11) is 0. The van der Waals surface area contributed by atoms with Crippen LogP contribution in [-0.4, -0.2) is 56.0 Å². The Kier molecular flexibility index (Phi) is 5.20.